The first kappa shape index (κ1) is 25.0. The molecule has 2 fully saturated rings. The molecular weight excluding hydrogens is 474 g/mol. The van der Waals surface area contributed by atoms with E-state index in [1.165, 1.54) is 10.7 Å². The van der Waals surface area contributed by atoms with Gasteiger partial charge in [-0.1, -0.05) is 37.6 Å². The van der Waals surface area contributed by atoms with Gasteiger partial charge in [-0.05, 0) is 80.7 Å². The van der Waals surface area contributed by atoms with Crippen molar-refractivity contribution in [3.05, 3.63) is 60.0 Å². The van der Waals surface area contributed by atoms with Crippen molar-refractivity contribution in [2.75, 3.05) is 6.54 Å². The van der Waals surface area contributed by atoms with Gasteiger partial charge in [-0.25, -0.2) is 13.4 Å². The Morgan fingerprint density at radius 2 is 1.83 bits per heavy atom. The quantitative estimate of drug-likeness (QED) is 0.451. The minimum atomic E-state index is -3.76. The van der Waals surface area contributed by atoms with Crippen LogP contribution in [0.2, 0.25) is 0 Å². The fourth-order valence-electron chi connectivity index (χ4n) is 5.59. The minimum absolute atomic E-state index is 0.0862. The molecule has 2 aliphatic rings. The van der Waals surface area contributed by atoms with E-state index in [4.69, 9.17) is 4.42 Å². The molecule has 2 aromatic carbocycles. The number of sulfonamides is 1. The highest BCUT2D eigenvalue weighted by atomic mass is 32.2. The SMILES string of the molecule is Cc1ccc(S(=O)(=O)N2CCC[C@H]2C(=O)N(Cc2ccc3ocnc3c2)C2CCC(C)(C)CC2)cc1. The summed E-state index contributed by atoms with van der Waals surface area (Å²) in [5.74, 6) is -0.0897. The number of aromatic nitrogens is 1. The average Bonchev–Trinajstić information content (AvgIpc) is 3.52. The molecule has 1 amide bonds. The van der Waals surface area contributed by atoms with Crippen LogP contribution in [0, 0.1) is 12.3 Å². The van der Waals surface area contributed by atoms with Gasteiger partial charge >= 0.3 is 0 Å². The van der Waals surface area contributed by atoms with Gasteiger partial charge in [0.05, 0.1) is 4.90 Å². The van der Waals surface area contributed by atoms with Gasteiger partial charge in [0.15, 0.2) is 12.0 Å². The van der Waals surface area contributed by atoms with Gasteiger partial charge in [-0.3, -0.25) is 4.79 Å². The van der Waals surface area contributed by atoms with Crippen molar-refractivity contribution in [2.45, 2.75) is 82.8 Å². The number of hydrogen-bond acceptors (Lipinski definition) is 5. The molecule has 1 saturated carbocycles. The molecule has 192 valence electrons. The first-order chi connectivity index (χ1) is 17.1. The highest BCUT2D eigenvalue weighted by Crippen LogP contribution is 2.38. The summed E-state index contributed by atoms with van der Waals surface area (Å²) in [6.07, 6.45) is 6.57. The van der Waals surface area contributed by atoms with Crippen molar-refractivity contribution in [3.8, 4) is 0 Å². The Bertz CT molecular complexity index is 1340. The molecule has 7 nitrogen and oxygen atoms in total. The van der Waals surface area contributed by atoms with E-state index in [1.54, 1.807) is 24.3 Å². The normalized spacial score (nSPS) is 21.1. The van der Waals surface area contributed by atoms with Gasteiger partial charge in [0.1, 0.15) is 11.6 Å². The summed E-state index contributed by atoms with van der Waals surface area (Å²) in [5, 5.41) is 0. The summed E-state index contributed by atoms with van der Waals surface area (Å²) in [6, 6.07) is 12.1. The summed E-state index contributed by atoms with van der Waals surface area (Å²) >= 11 is 0. The molecule has 1 aromatic heterocycles. The van der Waals surface area contributed by atoms with Crippen LogP contribution in [-0.4, -0.2) is 47.1 Å². The van der Waals surface area contributed by atoms with Crippen molar-refractivity contribution in [2.24, 2.45) is 5.41 Å². The van der Waals surface area contributed by atoms with Gasteiger partial charge in [-0.15, -0.1) is 0 Å². The zero-order chi connectivity index (χ0) is 25.5. The van der Waals surface area contributed by atoms with Crippen LogP contribution in [0.1, 0.15) is 63.5 Å². The van der Waals surface area contributed by atoms with Crippen molar-refractivity contribution >= 4 is 27.0 Å². The second kappa shape index (κ2) is 9.63. The second-order valence-corrected chi connectivity index (χ2v) is 13.0. The standard InChI is InChI=1S/C28H35N3O4S/c1-20-6-9-23(10-7-20)36(33,34)31-16-4-5-25(31)27(32)30(22-12-14-28(2,3)15-13-22)18-21-8-11-26-24(17-21)29-19-35-26/h6-11,17,19,22,25H,4-5,12-16,18H2,1-3H3/t25-/m0/s1. The van der Waals surface area contributed by atoms with Crippen LogP contribution in [-0.2, 0) is 21.4 Å². The molecule has 8 heteroatoms. The summed E-state index contributed by atoms with van der Waals surface area (Å²) in [5.41, 5.74) is 3.70. The smallest absolute Gasteiger partial charge is 0.243 e. The number of nitrogens with zero attached hydrogens (tertiary/aromatic N) is 3. The van der Waals surface area contributed by atoms with Crippen LogP contribution in [0.25, 0.3) is 11.1 Å². The van der Waals surface area contributed by atoms with Crippen LogP contribution in [0.5, 0.6) is 0 Å². The van der Waals surface area contributed by atoms with Gasteiger partial charge in [-0.2, -0.15) is 4.31 Å². The zero-order valence-corrected chi connectivity index (χ0v) is 22.1. The zero-order valence-electron chi connectivity index (χ0n) is 21.3. The maximum atomic E-state index is 14.2. The fourth-order valence-corrected chi connectivity index (χ4v) is 7.24. The molecular formula is C28H35N3O4S. The summed E-state index contributed by atoms with van der Waals surface area (Å²) in [6.45, 7) is 7.28. The first-order valence-corrected chi connectivity index (χ1v) is 14.3. The fraction of sp³-hybridized carbons (Fsp3) is 0.500. The summed E-state index contributed by atoms with van der Waals surface area (Å²) in [7, 11) is -3.76. The molecule has 0 spiro atoms. The molecule has 2 heterocycles. The molecule has 0 N–H and O–H groups in total. The molecule has 1 atom stereocenters. The van der Waals surface area contributed by atoms with Gasteiger partial charge in [0.2, 0.25) is 15.9 Å². The largest absolute Gasteiger partial charge is 0.443 e. The number of benzene rings is 2. The van der Waals surface area contributed by atoms with Crippen molar-refractivity contribution < 1.29 is 17.6 Å². The first-order valence-electron chi connectivity index (χ1n) is 12.9. The van der Waals surface area contributed by atoms with Crippen LogP contribution < -0.4 is 0 Å². The third-order valence-corrected chi connectivity index (χ3v) is 9.82. The van der Waals surface area contributed by atoms with Crippen LogP contribution in [0.15, 0.2) is 58.2 Å². The van der Waals surface area contributed by atoms with E-state index >= 15 is 0 Å². The van der Waals surface area contributed by atoms with Crippen molar-refractivity contribution in [3.63, 3.8) is 0 Å². The molecule has 36 heavy (non-hydrogen) atoms. The summed E-state index contributed by atoms with van der Waals surface area (Å²) < 4.78 is 33.9. The molecule has 0 unspecified atom stereocenters. The van der Waals surface area contributed by atoms with Gasteiger partial charge in [0, 0.05) is 19.1 Å². The van der Waals surface area contributed by atoms with E-state index in [9.17, 15) is 13.2 Å². The predicted octanol–water partition coefficient (Wildman–Crippen LogP) is 5.29. The highest BCUT2D eigenvalue weighted by Gasteiger charge is 2.43. The topological polar surface area (TPSA) is 83.7 Å². The lowest BCUT2D eigenvalue weighted by Gasteiger charge is -2.41. The van der Waals surface area contributed by atoms with E-state index < -0.39 is 16.1 Å². The van der Waals surface area contributed by atoms with E-state index in [1.807, 2.05) is 30.0 Å². The summed E-state index contributed by atoms with van der Waals surface area (Å²) in [4.78, 5) is 20.6. The van der Waals surface area contributed by atoms with E-state index in [-0.39, 0.29) is 22.3 Å². The average molecular weight is 510 g/mol. The highest BCUT2D eigenvalue weighted by molar-refractivity contribution is 7.89. The molecule has 3 aromatic rings. The number of fused-ring (bicyclic) bond motifs is 1. The second-order valence-electron chi connectivity index (χ2n) is 11.1. The lowest BCUT2D eigenvalue weighted by Crippen LogP contribution is -2.51. The van der Waals surface area contributed by atoms with Crippen molar-refractivity contribution in [1.29, 1.82) is 0 Å². The molecule has 1 aliphatic heterocycles. The third-order valence-electron chi connectivity index (χ3n) is 7.90. The molecule has 1 saturated heterocycles. The number of carbonyl (C=O) groups excluding carboxylic acids is 1. The Morgan fingerprint density at radius 3 is 2.56 bits per heavy atom. The number of amides is 1. The Labute approximate surface area is 213 Å². The maximum absolute atomic E-state index is 14.2. The van der Waals surface area contributed by atoms with Gasteiger partial charge < -0.3 is 9.32 Å². The maximum Gasteiger partial charge on any atom is 0.243 e. The Kier molecular flexibility index (Phi) is 6.68. The predicted molar refractivity (Wildman–Crippen MR) is 139 cm³/mol. The van der Waals surface area contributed by atoms with E-state index in [2.05, 4.69) is 18.8 Å². The van der Waals surface area contributed by atoms with Gasteiger partial charge in [0.25, 0.3) is 0 Å². The Balaban J connectivity index is 1.44. The Hall–Kier alpha value is -2.71. The molecule has 0 radical (unpaired) electrons. The number of carbonyl (C=O) groups is 1. The number of rotatable bonds is 6. The lowest BCUT2D eigenvalue weighted by atomic mass is 9.75. The number of aryl methyl sites for hydroxylation is 1. The Morgan fingerprint density at radius 1 is 1.11 bits per heavy atom. The van der Waals surface area contributed by atoms with Crippen LogP contribution in [0.4, 0.5) is 0 Å². The molecule has 0 bridgehead atoms. The van der Waals surface area contributed by atoms with Crippen LogP contribution in [0.3, 0.4) is 0 Å². The number of hydrogen-bond donors (Lipinski definition) is 0. The van der Waals surface area contributed by atoms with E-state index in [0.29, 0.717) is 31.5 Å². The minimum Gasteiger partial charge on any atom is -0.443 e. The van der Waals surface area contributed by atoms with Crippen molar-refractivity contribution in [1.82, 2.24) is 14.2 Å². The monoisotopic (exact) mass is 509 g/mol. The molecule has 1 aliphatic carbocycles. The third kappa shape index (κ3) is 4.93. The van der Waals surface area contributed by atoms with Crippen LogP contribution >= 0.6 is 0 Å². The van der Waals surface area contributed by atoms with E-state index in [0.717, 1.165) is 42.3 Å². The lowest BCUT2D eigenvalue weighted by molar-refractivity contribution is -0.139. The number of oxazole rings is 1. The molecule has 5 rings (SSSR count).